The van der Waals surface area contributed by atoms with Crippen LogP contribution in [0, 0.1) is 41.4 Å². The summed E-state index contributed by atoms with van der Waals surface area (Å²) in [5.74, 6) is -6.34. The van der Waals surface area contributed by atoms with Crippen LogP contribution in [0.25, 0.3) is 0 Å². The van der Waals surface area contributed by atoms with E-state index in [1.54, 1.807) is 25.1 Å². The number of aliphatic hydroxyl groups excluding tert-OH is 1. The van der Waals surface area contributed by atoms with Gasteiger partial charge in [0.15, 0.2) is 11.6 Å². The molecule has 2 spiro atoms. The molecule has 18 atom stereocenters. The summed E-state index contributed by atoms with van der Waals surface area (Å²) in [4.78, 5) is 40.5. The van der Waals surface area contributed by atoms with Crippen molar-refractivity contribution in [1.29, 1.82) is 0 Å². The second kappa shape index (κ2) is 20.1. The number of ketones is 1. The van der Waals surface area contributed by atoms with E-state index in [9.17, 15) is 29.7 Å². The zero-order chi connectivity index (χ0) is 47.1. The van der Waals surface area contributed by atoms with Gasteiger partial charge in [-0.1, -0.05) is 84.7 Å². The number of halogens is 2. The van der Waals surface area contributed by atoms with Gasteiger partial charge in [-0.2, -0.15) is 0 Å². The van der Waals surface area contributed by atoms with Crippen LogP contribution >= 0.6 is 23.2 Å². The summed E-state index contributed by atoms with van der Waals surface area (Å²) in [6, 6.07) is 3.53. The average Bonchev–Trinajstić information content (AvgIpc) is 3.59. The summed E-state index contributed by atoms with van der Waals surface area (Å²) in [5.41, 5.74) is -1.35. The third kappa shape index (κ3) is 10.1. The lowest BCUT2D eigenvalue weighted by Crippen LogP contribution is -2.66. The summed E-state index contributed by atoms with van der Waals surface area (Å²) in [5, 5.41) is 39.6. The van der Waals surface area contributed by atoms with Crippen molar-refractivity contribution < 1.29 is 53.4 Å². The number of carbonyl (C=O) groups is 3. The van der Waals surface area contributed by atoms with Gasteiger partial charge in [-0.05, 0) is 108 Å². The smallest absolute Gasteiger partial charge is 0.319 e. The van der Waals surface area contributed by atoms with Crippen LogP contribution in [0.4, 0.5) is 10.5 Å². The van der Waals surface area contributed by atoms with Crippen LogP contribution in [0.15, 0.2) is 30.4 Å². The molecule has 64 heavy (non-hydrogen) atoms. The van der Waals surface area contributed by atoms with E-state index in [2.05, 4.69) is 31.4 Å². The van der Waals surface area contributed by atoms with Crippen LogP contribution < -0.4 is 10.6 Å². The van der Waals surface area contributed by atoms with Gasteiger partial charge in [0.1, 0.15) is 11.8 Å². The number of Topliss-reactive ketones (excluding diaryl/α,β-unsaturated/α-hetero) is 1. The summed E-state index contributed by atoms with van der Waals surface area (Å²) in [6.07, 6.45) is 6.01. The van der Waals surface area contributed by atoms with Crippen LogP contribution in [-0.2, 0) is 33.3 Å². The summed E-state index contributed by atoms with van der Waals surface area (Å²) >= 11 is 12.4. The Morgan fingerprint density at radius 2 is 1.59 bits per heavy atom. The molecule has 1 aromatic rings. The lowest BCUT2D eigenvalue weighted by molar-refractivity contribution is -0.397. The normalized spacial score (nSPS) is 40.1. The molecule has 5 aliphatic rings. The molecule has 0 saturated carbocycles. The van der Waals surface area contributed by atoms with Crippen molar-refractivity contribution in [3.05, 3.63) is 40.4 Å². The molecular formula is C49H74Cl2N2O11. The number of hydrogen-bond acceptors (Lipinski definition) is 10. The topological polar surface area (TPSA) is 182 Å². The number of ether oxygens (including phenoxy) is 5. The number of rotatable bonds is 14. The Morgan fingerprint density at radius 3 is 2.22 bits per heavy atom. The molecule has 360 valence electrons. The van der Waals surface area contributed by atoms with Crippen molar-refractivity contribution in [2.45, 2.75) is 199 Å². The number of hydrogen-bond donors (Lipinski definition) is 5. The maximum atomic E-state index is 14.7. The van der Waals surface area contributed by atoms with E-state index in [4.69, 9.17) is 46.9 Å². The number of carboxylic acids is 1. The third-order valence-corrected chi connectivity index (χ3v) is 16.7. The number of aliphatic carboxylic acids is 1. The van der Waals surface area contributed by atoms with Gasteiger partial charge in [-0.25, -0.2) is 4.79 Å². The molecule has 0 bridgehead atoms. The minimum absolute atomic E-state index is 0.0503. The molecule has 0 aliphatic carbocycles. The first-order valence-corrected chi connectivity index (χ1v) is 24.6. The van der Waals surface area contributed by atoms with Gasteiger partial charge in [0.2, 0.25) is 0 Å². The van der Waals surface area contributed by atoms with Crippen molar-refractivity contribution >= 4 is 46.7 Å². The van der Waals surface area contributed by atoms with Crippen molar-refractivity contribution in [2.24, 2.45) is 41.4 Å². The van der Waals surface area contributed by atoms with Gasteiger partial charge in [-0.15, -0.1) is 0 Å². The number of carboxylic acid groups (broad SMARTS) is 1. The van der Waals surface area contributed by atoms with Gasteiger partial charge in [0, 0.05) is 35.8 Å². The highest BCUT2D eigenvalue weighted by molar-refractivity contribution is 6.42. The SMILES string of the molecule is CCC(C(=O)[C@@H](C)[C@@H](O)[C@H](C)[C@@H]1O[C@@H]([C@@H](CC)C(=O)O)CC[C@@H]1C)[C@H]1O[C@]2(C=CC(NC(=O)Nc3ccc(Cl)c(Cl)c3)[C@]3(CC[C@@](C)([C@H]4CC[C@](O)(CC)[C@H](C)O4)O3)O2)[C@H](C)C[C@@H]1C. The molecular weight excluding hydrogens is 863 g/mol. The fourth-order valence-electron chi connectivity index (χ4n) is 11.5. The Hall–Kier alpha value is -2.33. The second-order valence-electron chi connectivity index (χ2n) is 20.2. The van der Waals surface area contributed by atoms with E-state index < -0.39 is 95.0 Å². The fourth-order valence-corrected chi connectivity index (χ4v) is 11.8. The Balaban J connectivity index is 1.25. The Bertz CT molecular complexity index is 1870. The van der Waals surface area contributed by atoms with E-state index in [1.807, 2.05) is 53.7 Å². The molecule has 2 unspecified atom stereocenters. The molecule has 6 rings (SSSR count). The van der Waals surface area contributed by atoms with Crippen molar-refractivity contribution in [3.8, 4) is 0 Å². The number of nitrogens with one attached hydrogen (secondary N) is 2. The Kier molecular flexibility index (Phi) is 16.0. The molecule has 1 aromatic carbocycles. The van der Waals surface area contributed by atoms with Crippen LogP contribution in [0.3, 0.4) is 0 Å². The number of urea groups is 1. The number of aliphatic hydroxyl groups is 2. The molecule has 0 radical (unpaired) electrons. The van der Waals surface area contributed by atoms with E-state index in [-0.39, 0.29) is 29.6 Å². The lowest BCUT2D eigenvalue weighted by Gasteiger charge is -2.55. The first-order valence-electron chi connectivity index (χ1n) is 23.8. The van der Waals surface area contributed by atoms with E-state index >= 15 is 0 Å². The van der Waals surface area contributed by atoms with Crippen LogP contribution in [0.1, 0.15) is 133 Å². The Morgan fingerprint density at radius 1 is 0.891 bits per heavy atom. The third-order valence-electron chi connectivity index (χ3n) is 15.9. The van der Waals surface area contributed by atoms with Crippen LogP contribution in [-0.4, -0.2) is 98.5 Å². The van der Waals surface area contributed by atoms with Crippen LogP contribution in [0.2, 0.25) is 10.0 Å². The predicted molar refractivity (Wildman–Crippen MR) is 245 cm³/mol. The minimum atomic E-state index is -1.42. The van der Waals surface area contributed by atoms with Gasteiger partial charge < -0.3 is 49.6 Å². The first-order chi connectivity index (χ1) is 30.1. The summed E-state index contributed by atoms with van der Waals surface area (Å²) < 4.78 is 34.6. The number of carbonyl (C=O) groups excluding carboxylic acids is 2. The Labute approximate surface area is 390 Å². The van der Waals surface area contributed by atoms with Crippen molar-refractivity contribution in [3.63, 3.8) is 0 Å². The molecule has 4 fully saturated rings. The largest absolute Gasteiger partial charge is 0.481 e. The van der Waals surface area contributed by atoms with Gasteiger partial charge >= 0.3 is 12.0 Å². The first kappa shape index (κ1) is 51.1. The van der Waals surface area contributed by atoms with Crippen molar-refractivity contribution in [1.82, 2.24) is 5.32 Å². The molecule has 4 saturated heterocycles. The molecule has 5 heterocycles. The molecule has 2 amide bonds. The maximum Gasteiger partial charge on any atom is 0.319 e. The highest BCUT2D eigenvalue weighted by atomic mass is 35.5. The molecule has 13 nitrogen and oxygen atoms in total. The minimum Gasteiger partial charge on any atom is -0.481 e. The monoisotopic (exact) mass is 936 g/mol. The zero-order valence-corrected chi connectivity index (χ0v) is 40.9. The lowest BCUT2D eigenvalue weighted by atomic mass is 9.72. The van der Waals surface area contributed by atoms with E-state index in [0.29, 0.717) is 73.5 Å². The fraction of sp³-hybridized carbons (Fsp3) is 0.776. The predicted octanol–water partition coefficient (Wildman–Crippen LogP) is 9.32. The van der Waals surface area contributed by atoms with E-state index in [1.165, 1.54) is 0 Å². The highest BCUT2D eigenvalue weighted by Crippen LogP contribution is 2.54. The summed E-state index contributed by atoms with van der Waals surface area (Å²) in [7, 11) is 0. The zero-order valence-electron chi connectivity index (χ0n) is 39.4. The molecule has 5 N–H and O–H groups in total. The number of amides is 2. The molecule has 0 aromatic heterocycles. The van der Waals surface area contributed by atoms with Crippen molar-refractivity contribution in [2.75, 3.05) is 5.32 Å². The highest BCUT2D eigenvalue weighted by Gasteiger charge is 2.63. The summed E-state index contributed by atoms with van der Waals surface area (Å²) in [6.45, 7) is 19.5. The number of anilines is 1. The second-order valence-corrected chi connectivity index (χ2v) is 21.0. The maximum absolute atomic E-state index is 14.7. The molecule has 5 aliphatic heterocycles. The van der Waals surface area contributed by atoms with Crippen LogP contribution in [0.5, 0.6) is 0 Å². The number of benzene rings is 1. The van der Waals surface area contributed by atoms with E-state index in [0.717, 1.165) is 6.42 Å². The van der Waals surface area contributed by atoms with Gasteiger partial charge in [0.25, 0.3) is 0 Å². The molecule has 15 heteroatoms. The average molecular weight is 938 g/mol. The quantitative estimate of drug-likeness (QED) is 0.112. The standard InChI is InChI=1S/C49H74Cl2N2O11/c1-11-33(44(56)57)37-17-14-26(4)42(61-37)30(8)40(54)29(7)41(55)34(12-2)43-27(5)24-28(6)48(62-43)21-18-38(53-45(58)52-32-15-16-35(50)36(51)25-32)49(64-48)23-22-46(10,63-49)39-19-20-47(59,13-3)31(9)60-39/h15-16,18,21,25-31,33-34,37-40,42-43,54,59H,11-14,17,19-20,22-24H2,1-10H3,(H,56,57)(H2,52,53,58)/t26-,27-,28+,29-,30-,31-,33+,34?,37+,38?,39+,40+,42+,43-,46-,47+,48-,49-/m0/s1. The van der Waals surface area contributed by atoms with Gasteiger partial charge in [-0.3, -0.25) is 9.59 Å². The van der Waals surface area contributed by atoms with Gasteiger partial charge in [0.05, 0.1) is 63.8 Å².